The van der Waals surface area contributed by atoms with E-state index in [0.29, 0.717) is 25.7 Å². The fraction of sp³-hybridized carbons (Fsp3) is 0.833. The van der Waals surface area contributed by atoms with E-state index >= 15 is 0 Å². The SMILES string of the molecule is CCC(CCC1(C(=O)O)CC(N=CNNC)CC1O)C(CC)NC(C)=O. The number of amides is 1. The number of nitrogens with zero attached hydrogens (tertiary/aromatic N) is 1. The predicted octanol–water partition coefficient (Wildman–Crippen LogP) is 1.05. The monoisotopic (exact) mass is 370 g/mol. The summed E-state index contributed by atoms with van der Waals surface area (Å²) in [5.41, 5.74) is 4.27. The molecule has 5 atom stereocenters. The molecule has 0 saturated heterocycles. The zero-order chi connectivity index (χ0) is 19.7. The first kappa shape index (κ1) is 22.4. The maximum Gasteiger partial charge on any atom is 0.312 e. The number of aliphatic imine (C=N–C) groups is 1. The van der Waals surface area contributed by atoms with Gasteiger partial charge in [0, 0.05) is 20.0 Å². The lowest BCUT2D eigenvalue weighted by Crippen LogP contribution is -2.42. The second kappa shape index (κ2) is 10.5. The summed E-state index contributed by atoms with van der Waals surface area (Å²) in [6, 6.07) is -0.199. The van der Waals surface area contributed by atoms with Crippen LogP contribution in [0.15, 0.2) is 4.99 Å². The normalized spacial score (nSPS) is 28.0. The van der Waals surface area contributed by atoms with E-state index in [9.17, 15) is 19.8 Å². The Bertz CT molecular complexity index is 500. The van der Waals surface area contributed by atoms with E-state index in [1.54, 1.807) is 7.05 Å². The van der Waals surface area contributed by atoms with Crippen molar-refractivity contribution < 1.29 is 19.8 Å². The maximum atomic E-state index is 12.0. The number of aliphatic hydroxyl groups is 1. The first-order chi connectivity index (χ1) is 12.3. The smallest absolute Gasteiger partial charge is 0.312 e. The number of carbonyl (C=O) groups is 2. The van der Waals surface area contributed by atoms with Crippen LogP contribution in [-0.2, 0) is 9.59 Å². The van der Waals surface area contributed by atoms with E-state index in [1.807, 2.05) is 13.8 Å². The summed E-state index contributed by atoms with van der Waals surface area (Å²) in [6.07, 6.45) is 3.89. The highest BCUT2D eigenvalue weighted by molar-refractivity contribution is 5.76. The molecule has 8 heteroatoms. The number of hydrogen-bond acceptors (Lipinski definition) is 5. The molecule has 1 amide bonds. The van der Waals surface area contributed by atoms with Crippen molar-refractivity contribution in [1.82, 2.24) is 16.2 Å². The Kier molecular flexibility index (Phi) is 9.01. The lowest BCUT2D eigenvalue weighted by atomic mass is 9.76. The van der Waals surface area contributed by atoms with Gasteiger partial charge in [-0.05, 0) is 38.0 Å². The van der Waals surface area contributed by atoms with Crippen LogP contribution in [0, 0.1) is 11.3 Å². The number of aliphatic carboxylic acids is 1. The van der Waals surface area contributed by atoms with Gasteiger partial charge in [0.25, 0.3) is 0 Å². The van der Waals surface area contributed by atoms with Gasteiger partial charge >= 0.3 is 5.97 Å². The van der Waals surface area contributed by atoms with Crippen LogP contribution in [0.2, 0.25) is 0 Å². The summed E-state index contributed by atoms with van der Waals surface area (Å²) in [5, 5.41) is 23.3. The van der Waals surface area contributed by atoms with E-state index in [2.05, 4.69) is 21.2 Å². The number of rotatable bonds is 11. The number of nitrogens with one attached hydrogen (secondary N) is 3. The van der Waals surface area contributed by atoms with Crippen molar-refractivity contribution in [2.24, 2.45) is 16.3 Å². The highest BCUT2D eigenvalue weighted by Crippen LogP contribution is 2.45. The number of carbonyl (C=O) groups excluding carboxylic acids is 1. The van der Waals surface area contributed by atoms with Crippen molar-refractivity contribution in [2.45, 2.75) is 77.5 Å². The third-order valence-electron chi connectivity index (χ3n) is 5.54. The molecule has 0 aromatic heterocycles. The Morgan fingerprint density at radius 1 is 1.35 bits per heavy atom. The Morgan fingerprint density at radius 3 is 2.54 bits per heavy atom. The predicted molar refractivity (Wildman–Crippen MR) is 101 cm³/mol. The third-order valence-corrected chi connectivity index (χ3v) is 5.54. The van der Waals surface area contributed by atoms with Crippen molar-refractivity contribution in [3.8, 4) is 0 Å². The van der Waals surface area contributed by atoms with E-state index in [0.717, 1.165) is 12.8 Å². The van der Waals surface area contributed by atoms with Gasteiger partial charge in [-0.25, -0.2) is 5.43 Å². The standard InChI is InChI=1S/C18H34N4O4/c1-5-13(15(6-2)22-12(3)23)7-8-18(17(25)26)10-14(9-16(18)24)20-11-21-19-4/h11,13-16,19,24H,5-10H2,1-4H3,(H,20,21)(H,22,23)(H,25,26). The van der Waals surface area contributed by atoms with E-state index in [1.165, 1.54) is 13.3 Å². The fourth-order valence-electron chi connectivity index (χ4n) is 4.00. The van der Waals surface area contributed by atoms with Crippen LogP contribution in [0.4, 0.5) is 0 Å². The number of carboxylic acid groups (broad SMARTS) is 1. The Balaban J connectivity index is 2.83. The van der Waals surface area contributed by atoms with E-state index in [-0.39, 0.29) is 23.9 Å². The molecule has 0 aliphatic heterocycles. The van der Waals surface area contributed by atoms with Gasteiger partial charge in [-0.1, -0.05) is 20.3 Å². The lowest BCUT2D eigenvalue weighted by Gasteiger charge is -2.32. The second-order valence-corrected chi connectivity index (χ2v) is 7.17. The maximum absolute atomic E-state index is 12.0. The molecule has 1 aliphatic rings. The topological polar surface area (TPSA) is 123 Å². The zero-order valence-electron chi connectivity index (χ0n) is 16.3. The Labute approximate surface area is 155 Å². The molecule has 8 nitrogen and oxygen atoms in total. The molecule has 0 radical (unpaired) electrons. The summed E-state index contributed by atoms with van der Waals surface area (Å²) >= 11 is 0. The van der Waals surface area contributed by atoms with E-state index < -0.39 is 17.5 Å². The Hall–Kier alpha value is -1.67. The molecule has 0 aromatic rings. The van der Waals surface area contributed by atoms with Crippen LogP contribution in [0.25, 0.3) is 0 Å². The largest absolute Gasteiger partial charge is 0.481 e. The molecule has 0 bridgehead atoms. The van der Waals surface area contributed by atoms with E-state index in [4.69, 9.17) is 0 Å². The molecule has 26 heavy (non-hydrogen) atoms. The number of hydrogen-bond donors (Lipinski definition) is 5. The average Bonchev–Trinajstić information content (AvgIpc) is 2.91. The van der Waals surface area contributed by atoms with Gasteiger partial charge in [-0.15, -0.1) is 0 Å². The van der Waals surface area contributed by atoms with Crippen LogP contribution < -0.4 is 16.2 Å². The van der Waals surface area contributed by atoms with Gasteiger partial charge in [0.05, 0.1) is 23.9 Å². The molecule has 0 heterocycles. The van der Waals surface area contributed by atoms with Crippen LogP contribution in [0.5, 0.6) is 0 Å². The lowest BCUT2D eigenvalue weighted by molar-refractivity contribution is -0.155. The average molecular weight is 370 g/mol. The summed E-state index contributed by atoms with van der Waals surface area (Å²) in [7, 11) is 1.71. The van der Waals surface area contributed by atoms with Gasteiger partial charge in [0.1, 0.15) is 0 Å². The van der Waals surface area contributed by atoms with Crippen LogP contribution in [0.1, 0.15) is 59.3 Å². The molecule has 5 N–H and O–H groups in total. The zero-order valence-corrected chi connectivity index (χ0v) is 16.3. The van der Waals surface area contributed by atoms with Crippen LogP contribution in [0.3, 0.4) is 0 Å². The van der Waals surface area contributed by atoms with Crippen molar-refractivity contribution in [3.63, 3.8) is 0 Å². The summed E-state index contributed by atoms with van der Waals surface area (Å²) in [4.78, 5) is 27.7. The highest BCUT2D eigenvalue weighted by atomic mass is 16.4. The highest BCUT2D eigenvalue weighted by Gasteiger charge is 2.52. The first-order valence-corrected chi connectivity index (χ1v) is 9.43. The molecular weight excluding hydrogens is 336 g/mol. The quantitative estimate of drug-likeness (QED) is 0.210. The van der Waals surface area contributed by atoms with Gasteiger partial charge in [0.2, 0.25) is 5.91 Å². The van der Waals surface area contributed by atoms with Gasteiger partial charge < -0.3 is 21.0 Å². The fourth-order valence-corrected chi connectivity index (χ4v) is 4.00. The summed E-state index contributed by atoms with van der Waals surface area (Å²) < 4.78 is 0. The van der Waals surface area contributed by atoms with Crippen molar-refractivity contribution in [2.75, 3.05) is 7.05 Å². The molecule has 5 unspecified atom stereocenters. The number of aliphatic hydroxyl groups excluding tert-OH is 1. The molecule has 1 fully saturated rings. The molecular formula is C18H34N4O4. The number of hydrazine groups is 1. The number of carboxylic acids is 1. The molecule has 0 spiro atoms. The molecule has 1 aliphatic carbocycles. The van der Waals surface area contributed by atoms with Gasteiger partial charge in [-0.3, -0.25) is 14.6 Å². The minimum Gasteiger partial charge on any atom is -0.481 e. The van der Waals surface area contributed by atoms with Crippen molar-refractivity contribution in [3.05, 3.63) is 0 Å². The van der Waals surface area contributed by atoms with Crippen molar-refractivity contribution >= 4 is 18.2 Å². The van der Waals surface area contributed by atoms with Gasteiger partial charge in [0.15, 0.2) is 0 Å². The van der Waals surface area contributed by atoms with Crippen LogP contribution in [-0.4, -0.2) is 53.7 Å². The third kappa shape index (κ3) is 5.67. The second-order valence-electron chi connectivity index (χ2n) is 7.17. The Morgan fingerprint density at radius 2 is 2.04 bits per heavy atom. The van der Waals surface area contributed by atoms with Gasteiger partial charge in [-0.2, -0.15) is 0 Å². The van der Waals surface area contributed by atoms with Crippen molar-refractivity contribution in [1.29, 1.82) is 0 Å². The molecule has 0 aromatic carbocycles. The van der Waals surface area contributed by atoms with Crippen LogP contribution >= 0.6 is 0 Å². The minimum atomic E-state index is -1.18. The molecule has 1 saturated carbocycles. The molecule has 1 rings (SSSR count). The first-order valence-electron chi connectivity index (χ1n) is 9.43. The minimum absolute atomic E-state index is 0.0236. The summed E-state index contributed by atoms with van der Waals surface area (Å²) in [5.74, 6) is -0.858. The summed E-state index contributed by atoms with van der Waals surface area (Å²) in [6.45, 7) is 5.56. The molecule has 150 valence electrons.